The Labute approximate surface area is 148 Å². The third kappa shape index (κ3) is 5.17. The summed E-state index contributed by atoms with van der Waals surface area (Å²) >= 11 is 0. The maximum atomic E-state index is 12.5. The largest absolute Gasteiger partial charge is 0.351 e. The van der Waals surface area contributed by atoms with E-state index >= 15 is 0 Å². The number of carbonyl (C=O) groups excluding carboxylic acids is 3. The molecular formula is C19H25N3O3. The molecule has 0 radical (unpaired) electrons. The number of benzene rings is 1. The van der Waals surface area contributed by atoms with Crippen LogP contribution in [0.1, 0.15) is 30.1 Å². The lowest BCUT2D eigenvalue weighted by molar-refractivity contribution is -0.130. The smallest absolute Gasteiger partial charge is 0.251 e. The van der Waals surface area contributed by atoms with E-state index in [2.05, 4.69) is 17.2 Å². The highest BCUT2D eigenvalue weighted by molar-refractivity contribution is 5.97. The average molecular weight is 343 g/mol. The van der Waals surface area contributed by atoms with Crippen LogP contribution < -0.4 is 10.6 Å². The molecule has 0 aromatic heterocycles. The van der Waals surface area contributed by atoms with E-state index in [0.717, 1.165) is 0 Å². The van der Waals surface area contributed by atoms with Gasteiger partial charge in [0.25, 0.3) is 5.91 Å². The summed E-state index contributed by atoms with van der Waals surface area (Å²) in [5.41, 5.74) is 0.519. The molecule has 6 heteroatoms. The van der Waals surface area contributed by atoms with Crippen LogP contribution in [0, 0.1) is 5.92 Å². The summed E-state index contributed by atoms with van der Waals surface area (Å²) in [6, 6.07) is 8.21. The Hall–Kier alpha value is -2.63. The van der Waals surface area contributed by atoms with Gasteiger partial charge < -0.3 is 15.5 Å². The van der Waals surface area contributed by atoms with E-state index in [1.54, 1.807) is 42.2 Å². The molecule has 6 nitrogen and oxygen atoms in total. The lowest BCUT2D eigenvalue weighted by Gasteiger charge is -2.35. The van der Waals surface area contributed by atoms with Gasteiger partial charge in [0.1, 0.15) is 6.04 Å². The van der Waals surface area contributed by atoms with E-state index in [1.807, 2.05) is 6.07 Å². The first-order valence-corrected chi connectivity index (χ1v) is 8.53. The molecule has 0 spiro atoms. The van der Waals surface area contributed by atoms with Crippen LogP contribution in [0.15, 0.2) is 43.0 Å². The Morgan fingerprint density at radius 2 is 1.88 bits per heavy atom. The van der Waals surface area contributed by atoms with Gasteiger partial charge in [0.15, 0.2) is 0 Å². The van der Waals surface area contributed by atoms with Crippen molar-refractivity contribution >= 4 is 17.7 Å². The van der Waals surface area contributed by atoms with Gasteiger partial charge in [-0.05, 0) is 30.9 Å². The monoisotopic (exact) mass is 343 g/mol. The minimum absolute atomic E-state index is 0.00641. The van der Waals surface area contributed by atoms with Crippen molar-refractivity contribution in [1.29, 1.82) is 0 Å². The topological polar surface area (TPSA) is 78.5 Å². The first-order valence-electron chi connectivity index (χ1n) is 8.53. The molecular weight excluding hydrogens is 318 g/mol. The van der Waals surface area contributed by atoms with E-state index in [4.69, 9.17) is 0 Å². The molecule has 0 aliphatic carbocycles. The average Bonchev–Trinajstić information content (AvgIpc) is 2.64. The van der Waals surface area contributed by atoms with E-state index in [0.29, 0.717) is 38.0 Å². The van der Waals surface area contributed by atoms with Crippen molar-refractivity contribution in [3.8, 4) is 0 Å². The summed E-state index contributed by atoms with van der Waals surface area (Å²) in [6.07, 6.45) is 2.97. The fraction of sp³-hybridized carbons (Fsp3) is 0.421. The molecule has 0 bridgehead atoms. The molecule has 25 heavy (non-hydrogen) atoms. The molecule has 1 aliphatic heterocycles. The van der Waals surface area contributed by atoms with Gasteiger partial charge in [-0.2, -0.15) is 0 Å². The van der Waals surface area contributed by atoms with Crippen molar-refractivity contribution in [2.45, 2.75) is 25.8 Å². The molecule has 1 aromatic rings. The number of nitrogens with one attached hydrogen (secondary N) is 2. The van der Waals surface area contributed by atoms with Crippen LogP contribution in [0.3, 0.4) is 0 Å². The van der Waals surface area contributed by atoms with Crippen molar-refractivity contribution in [1.82, 2.24) is 15.5 Å². The number of likely N-dealkylation sites (tertiary alicyclic amines) is 1. The van der Waals surface area contributed by atoms with Crippen molar-refractivity contribution in [2.75, 3.05) is 19.6 Å². The predicted octanol–water partition coefficient (Wildman–Crippen LogP) is 1.35. The molecule has 1 heterocycles. The summed E-state index contributed by atoms with van der Waals surface area (Å²) in [4.78, 5) is 38.3. The van der Waals surface area contributed by atoms with Crippen LogP contribution in [0.2, 0.25) is 0 Å². The predicted molar refractivity (Wildman–Crippen MR) is 95.9 cm³/mol. The number of carbonyl (C=O) groups is 3. The summed E-state index contributed by atoms with van der Waals surface area (Å²) in [5.74, 6) is -0.452. The van der Waals surface area contributed by atoms with E-state index in [-0.39, 0.29) is 23.6 Å². The summed E-state index contributed by atoms with van der Waals surface area (Å²) in [5, 5.41) is 5.64. The van der Waals surface area contributed by atoms with E-state index < -0.39 is 6.04 Å². The fourth-order valence-corrected chi connectivity index (χ4v) is 3.04. The van der Waals surface area contributed by atoms with Gasteiger partial charge in [-0.1, -0.05) is 24.3 Å². The Balaban J connectivity index is 2.08. The Bertz CT molecular complexity index is 622. The third-order valence-corrected chi connectivity index (χ3v) is 4.48. The molecule has 3 amide bonds. The third-order valence-electron chi connectivity index (χ3n) is 4.48. The normalized spacial score (nSPS) is 16.0. The molecule has 1 atom stereocenters. The van der Waals surface area contributed by atoms with Gasteiger partial charge >= 0.3 is 0 Å². The molecule has 134 valence electrons. The highest BCUT2D eigenvalue weighted by atomic mass is 16.2. The van der Waals surface area contributed by atoms with E-state index in [9.17, 15) is 14.4 Å². The first kappa shape index (κ1) is 18.7. The van der Waals surface area contributed by atoms with Gasteiger partial charge in [-0.3, -0.25) is 14.4 Å². The van der Waals surface area contributed by atoms with Crippen LogP contribution in [0.4, 0.5) is 0 Å². The lowest BCUT2D eigenvalue weighted by Crippen LogP contribution is -2.53. The van der Waals surface area contributed by atoms with Crippen molar-refractivity contribution in [3.05, 3.63) is 48.6 Å². The maximum Gasteiger partial charge on any atom is 0.251 e. The number of hydrogen-bond donors (Lipinski definition) is 2. The highest BCUT2D eigenvalue weighted by Gasteiger charge is 2.33. The maximum absolute atomic E-state index is 12.5. The quantitative estimate of drug-likeness (QED) is 0.765. The van der Waals surface area contributed by atoms with Gasteiger partial charge in [0.05, 0.1) is 0 Å². The van der Waals surface area contributed by atoms with Gasteiger partial charge in [0, 0.05) is 32.1 Å². The molecule has 1 saturated heterocycles. The highest BCUT2D eigenvalue weighted by Crippen LogP contribution is 2.21. The van der Waals surface area contributed by atoms with Crippen molar-refractivity contribution in [2.24, 2.45) is 5.92 Å². The molecule has 2 N–H and O–H groups in total. The first-order chi connectivity index (χ1) is 12.0. The summed E-state index contributed by atoms with van der Waals surface area (Å²) in [6.45, 7) is 6.70. The Kier molecular flexibility index (Phi) is 6.74. The van der Waals surface area contributed by atoms with E-state index in [1.165, 1.54) is 0 Å². The zero-order valence-corrected chi connectivity index (χ0v) is 14.5. The number of nitrogens with zero attached hydrogens (tertiary/aromatic N) is 1. The van der Waals surface area contributed by atoms with Crippen LogP contribution in [-0.4, -0.2) is 48.3 Å². The zero-order valence-electron chi connectivity index (χ0n) is 14.5. The van der Waals surface area contributed by atoms with Crippen LogP contribution in [-0.2, 0) is 9.59 Å². The molecule has 0 unspecified atom stereocenters. The van der Waals surface area contributed by atoms with Crippen molar-refractivity contribution in [3.63, 3.8) is 0 Å². The molecule has 1 fully saturated rings. The second-order valence-corrected chi connectivity index (χ2v) is 6.19. The second kappa shape index (κ2) is 9.01. The van der Waals surface area contributed by atoms with Crippen LogP contribution >= 0.6 is 0 Å². The van der Waals surface area contributed by atoms with Crippen molar-refractivity contribution < 1.29 is 14.4 Å². The SMILES string of the molecule is C=CCNC(=O)[C@@H](NC(=O)c1ccccc1)C1CCN(C(C)=O)CC1. The summed E-state index contributed by atoms with van der Waals surface area (Å²) in [7, 11) is 0. The van der Waals surface area contributed by atoms with Crippen LogP contribution in [0.5, 0.6) is 0 Å². The van der Waals surface area contributed by atoms with Crippen LogP contribution in [0.25, 0.3) is 0 Å². The number of hydrogen-bond acceptors (Lipinski definition) is 3. The molecule has 0 saturated carbocycles. The van der Waals surface area contributed by atoms with Gasteiger partial charge in [-0.25, -0.2) is 0 Å². The minimum Gasteiger partial charge on any atom is -0.351 e. The molecule has 1 aliphatic rings. The summed E-state index contributed by atoms with van der Waals surface area (Å²) < 4.78 is 0. The zero-order chi connectivity index (χ0) is 18.2. The number of amides is 3. The second-order valence-electron chi connectivity index (χ2n) is 6.19. The standard InChI is InChI=1S/C19H25N3O3/c1-3-11-20-19(25)17(15-9-12-22(13-10-15)14(2)23)21-18(24)16-7-5-4-6-8-16/h3-8,15,17H,1,9-13H2,2H3,(H,20,25)(H,21,24)/t17-/m0/s1. The fourth-order valence-electron chi connectivity index (χ4n) is 3.04. The van der Waals surface area contributed by atoms with Gasteiger partial charge in [-0.15, -0.1) is 6.58 Å². The molecule has 2 rings (SSSR count). The van der Waals surface area contributed by atoms with Gasteiger partial charge in [0.2, 0.25) is 11.8 Å². The number of piperidine rings is 1. The lowest BCUT2D eigenvalue weighted by atomic mass is 9.88. The Morgan fingerprint density at radius 3 is 2.44 bits per heavy atom. The molecule has 1 aromatic carbocycles. The number of rotatable bonds is 6. The minimum atomic E-state index is -0.623. The Morgan fingerprint density at radius 1 is 1.24 bits per heavy atom.